The number of rotatable bonds is 2. The van der Waals surface area contributed by atoms with Crippen molar-refractivity contribution in [1.82, 2.24) is 9.97 Å². The van der Waals surface area contributed by atoms with Crippen LogP contribution in [0.15, 0.2) is 39.5 Å². The average Bonchev–Trinajstić information content (AvgIpc) is 3.18. The van der Waals surface area contributed by atoms with E-state index in [2.05, 4.69) is 9.97 Å². The predicted octanol–water partition coefficient (Wildman–Crippen LogP) is 3.71. The Kier molecular flexibility index (Phi) is 2.47. The van der Waals surface area contributed by atoms with Crippen molar-refractivity contribution in [3.63, 3.8) is 0 Å². The van der Waals surface area contributed by atoms with Crippen molar-refractivity contribution in [3.05, 3.63) is 51.5 Å². The summed E-state index contributed by atoms with van der Waals surface area (Å²) in [6.45, 7) is 0. The number of fused-ring (bicyclic) bond motifs is 1. The fourth-order valence-electron chi connectivity index (χ4n) is 2.31. The third-order valence-electron chi connectivity index (χ3n) is 3.47. The molecule has 0 radical (unpaired) electrons. The van der Waals surface area contributed by atoms with E-state index in [9.17, 15) is 4.79 Å². The Labute approximate surface area is 119 Å². The summed E-state index contributed by atoms with van der Waals surface area (Å²) in [5.74, 6) is 1.70. The summed E-state index contributed by atoms with van der Waals surface area (Å²) < 4.78 is 5.75. The van der Waals surface area contributed by atoms with Gasteiger partial charge in [0.1, 0.15) is 11.5 Å². The molecule has 2 aromatic heterocycles. The maximum absolute atomic E-state index is 11.7. The SMILES string of the molecule is O=c1cc(-c2cc3cccc(Cl)c3o2)nc(C2CC2)[nH]1. The molecule has 20 heavy (non-hydrogen) atoms. The Morgan fingerprint density at radius 1 is 1.30 bits per heavy atom. The zero-order chi connectivity index (χ0) is 13.7. The Hall–Kier alpha value is -2.07. The first-order valence-corrected chi connectivity index (χ1v) is 6.88. The highest BCUT2D eigenvalue weighted by Crippen LogP contribution is 2.38. The van der Waals surface area contributed by atoms with Gasteiger partial charge in [-0.1, -0.05) is 23.7 Å². The quantitative estimate of drug-likeness (QED) is 0.781. The topological polar surface area (TPSA) is 58.9 Å². The van der Waals surface area contributed by atoms with Crippen LogP contribution < -0.4 is 5.56 Å². The molecule has 0 unspecified atom stereocenters. The first kappa shape index (κ1) is 11.7. The van der Waals surface area contributed by atoms with Gasteiger partial charge < -0.3 is 9.40 Å². The van der Waals surface area contributed by atoms with E-state index in [-0.39, 0.29) is 5.56 Å². The minimum absolute atomic E-state index is 0.150. The Morgan fingerprint density at radius 3 is 2.90 bits per heavy atom. The number of aromatic nitrogens is 2. The summed E-state index contributed by atoms with van der Waals surface area (Å²) in [5, 5.41) is 1.46. The van der Waals surface area contributed by atoms with Gasteiger partial charge in [0, 0.05) is 17.4 Å². The largest absolute Gasteiger partial charge is 0.453 e. The molecular formula is C15H11ClN2O2. The van der Waals surface area contributed by atoms with Crippen molar-refractivity contribution in [2.45, 2.75) is 18.8 Å². The highest BCUT2D eigenvalue weighted by molar-refractivity contribution is 6.34. The summed E-state index contributed by atoms with van der Waals surface area (Å²) in [4.78, 5) is 19.0. The number of benzene rings is 1. The Morgan fingerprint density at radius 2 is 2.15 bits per heavy atom. The van der Waals surface area contributed by atoms with Crippen LogP contribution in [0.2, 0.25) is 5.02 Å². The summed E-state index contributed by atoms with van der Waals surface area (Å²) in [6, 6.07) is 8.88. The van der Waals surface area contributed by atoms with Gasteiger partial charge in [0.25, 0.3) is 5.56 Å². The summed E-state index contributed by atoms with van der Waals surface area (Å²) >= 11 is 6.10. The zero-order valence-corrected chi connectivity index (χ0v) is 11.3. The van der Waals surface area contributed by atoms with Crippen LogP contribution in [-0.4, -0.2) is 9.97 Å². The second kappa shape index (κ2) is 4.21. The van der Waals surface area contributed by atoms with Gasteiger partial charge in [-0.15, -0.1) is 0 Å². The monoisotopic (exact) mass is 286 g/mol. The first-order valence-electron chi connectivity index (χ1n) is 6.50. The van der Waals surface area contributed by atoms with Crippen molar-refractivity contribution in [1.29, 1.82) is 0 Å². The van der Waals surface area contributed by atoms with Gasteiger partial charge >= 0.3 is 0 Å². The normalized spacial score (nSPS) is 14.8. The molecule has 0 saturated heterocycles. The van der Waals surface area contributed by atoms with Gasteiger partial charge in [0.05, 0.1) is 5.02 Å². The molecule has 0 atom stereocenters. The van der Waals surface area contributed by atoms with E-state index >= 15 is 0 Å². The molecule has 1 aromatic carbocycles. The molecule has 0 amide bonds. The van der Waals surface area contributed by atoms with Crippen molar-refractivity contribution in [2.24, 2.45) is 0 Å². The molecule has 0 bridgehead atoms. The van der Waals surface area contributed by atoms with Gasteiger partial charge in [0.2, 0.25) is 0 Å². The number of para-hydroxylation sites is 1. The second-order valence-electron chi connectivity index (χ2n) is 5.06. The van der Waals surface area contributed by atoms with E-state index in [0.717, 1.165) is 24.1 Å². The maximum atomic E-state index is 11.7. The lowest BCUT2D eigenvalue weighted by molar-refractivity contribution is 0.627. The number of furan rings is 1. The molecule has 4 nitrogen and oxygen atoms in total. The van der Waals surface area contributed by atoms with Gasteiger partial charge in [-0.25, -0.2) is 4.98 Å². The molecule has 100 valence electrons. The van der Waals surface area contributed by atoms with E-state index in [1.54, 1.807) is 6.07 Å². The fourth-order valence-corrected chi connectivity index (χ4v) is 2.53. The molecule has 1 fully saturated rings. The second-order valence-corrected chi connectivity index (χ2v) is 5.47. The molecule has 0 aliphatic heterocycles. The third-order valence-corrected chi connectivity index (χ3v) is 3.77. The van der Waals surface area contributed by atoms with Gasteiger partial charge in [-0.05, 0) is 25.0 Å². The van der Waals surface area contributed by atoms with Crippen LogP contribution in [0.4, 0.5) is 0 Å². The van der Waals surface area contributed by atoms with Gasteiger partial charge in [-0.3, -0.25) is 4.79 Å². The summed E-state index contributed by atoms with van der Waals surface area (Å²) in [5.41, 5.74) is 1.03. The molecule has 1 N–H and O–H groups in total. The van der Waals surface area contributed by atoms with Crippen molar-refractivity contribution >= 4 is 22.6 Å². The van der Waals surface area contributed by atoms with Crippen LogP contribution in [0.5, 0.6) is 0 Å². The standard InChI is InChI=1S/C15H11ClN2O2/c16-10-3-1-2-9-6-12(20-14(9)10)11-7-13(19)18-15(17-11)8-4-5-8/h1-3,6-8H,4-5H2,(H,17,18,19). The van der Waals surface area contributed by atoms with E-state index in [1.807, 2.05) is 18.2 Å². The number of hydrogen-bond donors (Lipinski definition) is 1. The summed E-state index contributed by atoms with van der Waals surface area (Å²) in [7, 11) is 0. The molecule has 1 aliphatic carbocycles. The lowest BCUT2D eigenvalue weighted by Gasteiger charge is -2.00. The predicted molar refractivity (Wildman–Crippen MR) is 77.1 cm³/mol. The van der Waals surface area contributed by atoms with Crippen molar-refractivity contribution < 1.29 is 4.42 Å². The van der Waals surface area contributed by atoms with Crippen molar-refractivity contribution in [3.8, 4) is 11.5 Å². The molecule has 2 heterocycles. The minimum Gasteiger partial charge on any atom is -0.453 e. The Balaban J connectivity index is 1.90. The van der Waals surface area contributed by atoms with Crippen LogP contribution >= 0.6 is 11.6 Å². The summed E-state index contributed by atoms with van der Waals surface area (Å²) in [6.07, 6.45) is 2.16. The van der Waals surface area contributed by atoms with E-state index in [4.69, 9.17) is 16.0 Å². The fraction of sp³-hybridized carbons (Fsp3) is 0.200. The number of H-pyrrole nitrogens is 1. The molecular weight excluding hydrogens is 276 g/mol. The van der Waals surface area contributed by atoms with Crippen LogP contribution in [-0.2, 0) is 0 Å². The zero-order valence-electron chi connectivity index (χ0n) is 10.5. The van der Waals surface area contributed by atoms with E-state index in [0.29, 0.717) is 28.0 Å². The van der Waals surface area contributed by atoms with Crippen LogP contribution in [0.3, 0.4) is 0 Å². The molecule has 1 saturated carbocycles. The van der Waals surface area contributed by atoms with Gasteiger partial charge in [0.15, 0.2) is 11.3 Å². The highest BCUT2D eigenvalue weighted by Gasteiger charge is 2.26. The lowest BCUT2D eigenvalue weighted by atomic mass is 10.2. The first-order chi connectivity index (χ1) is 9.70. The number of aromatic amines is 1. The van der Waals surface area contributed by atoms with Gasteiger partial charge in [-0.2, -0.15) is 0 Å². The maximum Gasteiger partial charge on any atom is 0.251 e. The van der Waals surface area contributed by atoms with E-state index < -0.39 is 0 Å². The van der Waals surface area contributed by atoms with Crippen LogP contribution in [0, 0.1) is 0 Å². The van der Waals surface area contributed by atoms with Crippen molar-refractivity contribution in [2.75, 3.05) is 0 Å². The average molecular weight is 287 g/mol. The number of hydrogen-bond acceptors (Lipinski definition) is 3. The Bertz CT molecular complexity index is 862. The molecule has 5 heteroatoms. The van der Waals surface area contributed by atoms with Crippen LogP contribution in [0.25, 0.3) is 22.4 Å². The molecule has 0 spiro atoms. The molecule has 1 aliphatic rings. The number of nitrogens with zero attached hydrogens (tertiary/aromatic N) is 1. The highest BCUT2D eigenvalue weighted by atomic mass is 35.5. The molecule has 3 aromatic rings. The van der Waals surface area contributed by atoms with Crippen LogP contribution in [0.1, 0.15) is 24.6 Å². The number of halogens is 1. The van der Waals surface area contributed by atoms with E-state index in [1.165, 1.54) is 6.07 Å². The molecule has 4 rings (SSSR count). The lowest BCUT2D eigenvalue weighted by Crippen LogP contribution is -2.10. The third kappa shape index (κ3) is 1.93. The minimum atomic E-state index is -0.150. The smallest absolute Gasteiger partial charge is 0.251 e. The number of nitrogens with one attached hydrogen (secondary N) is 1.